The lowest BCUT2D eigenvalue weighted by molar-refractivity contribution is 0.404. The number of aryl methyl sites for hydroxylation is 1. The molecule has 0 aliphatic carbocycles. The largest absolute Gasteiger partial charge is 0.497 e. The molecule has 0 bridgehead atoms. The number of ether oxygens (including phenoxy) is 2. The molecule has 19 heavy (non-hydrogen) atoms. The topological polar surface area (TPSA) is 56.3 Å². The van der Waals surface area contributed by atoms with E-state index in [4.69, 9.17) is 9.47 Å². The molecule has 0 aliphatic heterocycles. The number of aromatic nitrogens is 2. The van der Waals surface area contributed by atoms with Crippen molar-refractivity contribution in [2.45, 2.75) is 6.92 Å². The Morgan fingerprint density at radius 1 is 1.05 bits per heavy atom. The van der Waals surface area contributed by atoms with Gasteiger partial charge in [-0.1, -0.05) is 0 Å². The number of rotatable bonds is 4. The third-order valence-corrected chi connectivity index (χ3v) is 2.76. The van der Waals surface area contributed by atoms with Gasteiger partial charge in [-0.15, -0.1) is 0 Å². The van der Waals surface area contributed by atoms with Crippen molar-refractivity contribution < 1.29 is 9.47 Å². The maximum Gasteiger partial charge on any atom is 0.223 e. The van der Waals surface area contributed by atoms with Crippen LogP contribution in [0, 0.1) is 6.92 Å². The van der Waals surface area contributed by atoms with Gasteiger partial charge in [-0.05, 0) is 31.2 Å². The third kappa shape index (κ3) is 2.76. The maximum absolute atomic E-state index is 5.38. The minimum atomic E-state index is 0.583. The summed E-state index contributed by atoms with van der Waals surface area (Å²) in [5.74, 6) is 2.10. The van der Waals surface area contributed by atoms with E-state index in [1.807, 2.05) is 31.2 Å². The zero-order valence-electron chi connectivity index (χ0n) is 11.5. The highest BCUT2D eigenvalue weighted by Crippen LogP contribution is 2.32. The van der Waals surface area contributed by atoms with Crippen LogP contribution in [0.2, 0.25) is 0 Å². The number of methoxy groups -OCH3 is 2. The van der Waals surface area contributed by atoms with Crippen molar-refractivity contribution >= 4 is 5.95 Å². The molecule has 0 saturated carbocycles. The molecule has 0 fully saturated rings. The van der Waals surface area contributed by atoms with Crippen molar-refractivity contribution in [3.05, 3.63) is 30.0 Å². The van der Waals surface area contributed by atoms with Gasteiger partial charge < -0.3 is 14.8 Å². The van der Waals surface area contributed by atoms with Gasteiger partial charge in [0.25, 0.3) is 0 Å². The van der Waals surface area contributed by atoms with E-state index in [0.717, 1.165) is 28.5 Å². The predicted octanol–water partition coefficient (Wildman–Crippen LogP) is 2.51. The zero-order valence-corrected chi connectivity index (χ0v) is 11.5. The van der Waals surface area contributed by atoms with Gasteiger partial charge in [0.15, 0.2) is 0 Å². The summed E-state index contributed by atoms with van der Waals surface area (Å²) in [6.45, 7) is 1.93. The van der Waals surface area contributed by atoms with E-state index in [9.17, 15) is 0 Å². The molecule has 100 valence electrons. The summed E-state index contributed by atoms with van der Waals surface area (Å²) in [7, 11) is 5.07. The summed E-state index contributed by atoms with van der Waals surface area (Å²) in [5, 5.41) is 2.95. The van der Waals surface area contributed by atoms with Crippen LogP contribution in [0.1, 0.15) is 5.69 Å². The molecular formula is C14H17N3O2. The molecule has 2 aromatic rings. The average Bonchev–Trinajstić information content (AvgIpc) is 2.45. The van der Waals surface area contributed by atoms with Gasteiger partial charge in [-0.2, -0.15) is 0 Å². The molecule has 0 aliphatic rings. The quantitative estimate of drug-likeness (QED) is 0.914. The van der Waals surface area contributed by atoms with Crippen molar-refractivity contribution in [1.82, 2.24) is 9.97 Å². The lowest BCUT2D eigenvalue weighted by Crippen LogP contribution is -2.00. The van der Waals surface area contributed by atoms with Gasteiger partial charge >= 0.3 is 0 Å². The number of nitrogens with one attached hydrogen (secondary N) is 1. The Labute approximate surface area is 112 Å². The van der Waals surface area contributed by atoms with Crippen LogP contribution in [-0.2, 0) is 0 Å². The SMILES string of the molecule is CNc1nc(C)cc(-c2cc(OC)ccc2OC)n1. The van der Waals surface area contributed by atoms with E-state index in [1.54, 1.807) is 21.3 Å². The molecule has 1 N–H and O–H groups in total. The smallest absolute Gasteiger partial charge is 0.223 e. The van der Waals surface area contributed by atoms with Crippen molar-refractivity contribution in [2.75, 3.05) is 26.6 Å². The Morgan fingerprint density at radius 2 is 1.84 bits per heavy atom. The first kappa shape index (κ1) is 13.1. The van der Waals surface area contributed by atoms with Crippen LogP contribution in [0.5, 0.6) is 11.5 Å². The van der Waals surface area contributed by atoms with Crippen molar-refractivity contribution in [1.29, 1.82) is 0 Å². The third-order valence-electron chi connectivity index (χ3n) is 2.76. The van der Waals surface area contributed by atoms with Crippen molar-refractivity contribution in [2.24, 2.45) is 0 Å². The Hall–Kier alpha value is -2.30. The first-order valence-corrected chi connectivity index (χ1v) is 5.93. The van der Waals surface area contributed by atoms with E-state index in [0.29, 0.717) is 5.95 Å². The molecule has 1 aromatic carbocycles. The average molecular weight is 259 g/mol. The highest BCUT2D eigenvalue weighted by atomic mass is 16.5. The summed E-state index contributed by atoms with van der Waals surface area (Å²) in [6.07, 6.45) is 0. The summed E-state index contributed by atoms with van der Waals surface area (Å²) < 4.78 is 10.6. The molecular weight excluding hydrogens is 242 g/mol. The predicted molar refractivity (Wildman–Crippen MR) is 74.9 cm³/mol. The molecule has 5 heteroatoms. The lowest BCUT2D eigenvalue weighted by Gasteiger charge is -2.11. The Morgan fingerprint density at radius 3 is 2.47 bits per heavy atom. The van der Waals surface area contributed by atoms with E-state index in [-0.39, 0.29) is 0 Å². The Bertz CT molecular complexity index is 585. The number of benzene rings is 1. The van der Waals surface area contributed by atoms with E-state index in [2.05, 4.69) is 15.3 Å². The van der Waals surface area contributed by atoms with Gasteiger partial charge in [-0.3, -0.25) is 0 Å². The number of hydrogen-bond donors (Lipinski definition) is 1. The summed E-state index contributed by atoms with van der Waals surface area (Å²) in [5.41, 5.74) is 2.57. The normalized spacial score (nSPS) is 10.1. The van der Waals surface area contributed by atoms with Crippen LogP contribution >= 0.6 is 0 Å². The monoisotopic (exact) mass is 259 g/mol. The second-order valence-corrected chi connectivity index (χ2v) is 4.03. The minimum absolute atomic E-state index is 0.583. The second kappa shape index (κ2) is 5.56. The fourth-order valence-electron chi connectivity index (χ4n) is 1.83. The van der Waals surface area contributed by atoms with Gasteiger partial charge in [0.1, 0.15) is 11.5 Å². The van der Waals surface area contributed by atoms with Crippen molar-refractivity contribution in [3.8, 4) is 22.8 Å². The van der Waals surface area contributed by atoms with E-state index >= 15 is 0 Å². The zero-order chi connectivity index (χ0) is 13.8. The van der Waals surface area contributed by atoms with Gasteiger partial charge in [-0.25, -0.2) is 9.97 Å². The lowest BCUT2D eigenvalue weighted by atomic mass is 10.1. The molecule has 1 heterocycles. The van der Waals surface area contributed by atoms with Gasteiger partial charge in [0.2, 0.25) is 5.95 Å². The fourth-order valence-corrected chi connectivity index (χ4v) is 1.83. The molecule has 0 spiro atoms. The molecule has 0 saturated heterocycles. The molecule has 1 aromatic heterocycles. The molecule has 2 rings (SSSR count). The first-order chi connectivity index (χ1) is 9.17. The molecule has 0 unspecified atom stereocenters. The van der Waals surface area contributed by atoms with Crippen LogP contribution < -0.4 is 14.8 Å². The van der Waals surface area contributed by atoms with Crippen LogP contribution in [0.15, 0.2) is 24.3 Å². The Balaban J connectivity index is 2.59. The van der Waals surface area contributed by atoms with Crippen LogP contribution in [0.3, 0.4) is 0 Å². The summed E-state index contributed by atoms with van der Waals surface area (Å²) in [4.78, 5) is 8.73. The minimum Gasteiger partial charge on any atom is -0.497 e. The Kier molecular flexibility index (Phi) is 3.85. The van der Waals surface area contributed by atoms with Crippen molar-refractivity contribution in [3.63, 3.8) is 0 Å². The second-order valence-electron chi connectivity index (χ2n) is 4.03. The maximum atomic E-state index is 5.38. The van der Waals surface area contributed by atoms with Crippen LogP contribution in [-0.4, -0.2) is 31.2 Å². The number of hydrogen-bond acceptors (Lipinski definition) is 5. The molecule has 5 nitrogen and oxygen atoms in total. The number of nitrogens with zero attached hydrogens (tertiary/aromatic N) is 2. The fraction of sp³-hybridized carbons (Fsp3) is 0.286. The summed E-state index contributed by atoms with van der Waals surface area (Å²) in [6, 6.07) is 7.54. The van der Waals surface area contributed by atoms with E-state index in [1.165, 1.54) is 0 Å². The first-order valence-electron chi connectivity index (χ1n) is 5.93. The van der Waals surface area contributed by atoms with E-state index < -0.39 is 0 Å². The highest BCUT2D eigenvalue weighted by molar-refractivity contribution is 5.70. The standard InChI is InChI=1S/C14H17N3O2/c1-9-7-12(17-14(15-2)16-9)11-8-10(18-3)5-6-13(11)19-4/h5-8H,1-4H3,(H,15,16,17). The highest BCUT2D eigenvalue weighted by Gasteiger charge is 2.11. The molecule has 0 radical (unpaired) electrons. The van der Waals surface area contributed by atoms with Crippen LogP contribution in [0.25, 0.3) is 11.3 Å². The van der Waals surface area contributed by atoms with Crippen LogP contribution in [0.4, 0.5) is 5.95 Å². The number of anilines is 1. The van der Waals surface area contributed by atoms with Gasteiger partial charge in [0.05, 0.1) is 19.9 Å². The molecule has 0 amide bonds. The van der Waals surface area contributed by atoms with Gasteiger partial charge in [0, 0.05) is 18.3 Å². The summed E-state index contributed by atoms with van der Waals surface area (Å²) >= 11 is 0. The molecule has 0 atom stereocenters.